The molecule has 0 bridgehead atoms. The predicted octanol–water partition coefficient (Wildman–Crippen LogP) is 1.97. The first-order chi connectivity index (χ1) is 7.11. The quantitative estimate of drug-likeness (QED) is 0.794. The minimum absolute atomic E-state index is 0. The van der Waals surface area contributed by atoms with Gasteiger partial charge >= 0.3 is 0 Å². The van der Waals surface area contributed by atoms with Gasteiger partial charge in [0.25, 0.3) is 0 Å². The number of hydrogen-bond acceptors (Lipinski definition) is 4. The van der Waals surface area contributed by atoms with E-state index in [0.717, 1.165) is 0 Å². The van der Waals surface area contributed by atoms with Gasteiger partial charge in [-0.3, -0.25) is 0 Å². The Morgan fingerprint density at radius 3 is 2.62 bits per heavy atom. The Bertz CT molecular complexity index is 349. The monoisotopic (exact) mass is 311 g/mol. The first-order valence-corrected chi connectivity index (χ1v) is 5.33. The Morgan fingerprint density at radius 2 is 2.12 bits per heavy atom. The van der Waals surface area contributed by atoms with Crippen molar-refractivity contribution in [1.82, 2.24) is 0 Å². The molecule has 6 heteroatoms. The third-order valence-electron chi connectivity index (χ3n) is 2.16. The summed E-state index contributed by atoms with van der Waals surface area (Å²) >= 11 is 3.30. The van der Waals surface area contributed by atoms with E-state index in [2.05, 4.69) is 15.9 Å². The summed E-state index contributed by atoms with van der Waals surface area (Å²) < 4.78 is 5.69. The zero-order valence-corrected chi connectivity index (χ0v) is 11.2. The standard InChI is InChI=1S/C10H14BrNO3.ClH/c1-15-8-3-2-6(11)9(10(8)14)7(12)4-5-13;/h2-3,7,13-14H,4-5,12H2,1H3;1H/t7-;/m0./s1. The number of aliphatic hydroxyl groups excluding tert-OH is 1. The molecule has 0 fully saturated rings. The molecule has 16 heavy (non-hydrogen) atoms. The third kappa shape index (κ3) is 3.25. The molecule has 0 unspecified atom stereocenters. The molecule has 1 rings (SSSR count). The number of phenols is 1. The van der Waals surface area contributed by atoms with Gasteiger partial charge in [0.2, 0.25) is 0 Å². The number of hydrogen-bond donors (Lipinski definition) is 3. The van der Waals surface area contributed by atoms with Crippen LogP contribution in [-0.2, 0) is 0 Å². The molecule has 0 spiro atoms. The molecule has 0 aliphatic heterocycles. The van der Waals surface area contributed by atoms with E-state index in [1.807, 2.05) is 0 Å². The average Bonchev–Trinajstić information content (AvgIpc) is 2.18. The molecular formula is C10H15BrClNO3. The van der Waals surface area contributed by atoms with Crippen LogP contribution in [0.15, 0.2) is 16.6 Å². The number of halogens is 2. The maximum Gasteiger partial charge on any atom is 0.163 e. The number of ether oxygens (including phenoxy) is 1. The van der Waals surface area contributed by atoms with E-state index in [4.69, 9.17) is 15.6 Å². The van der Waals surface area contributed by atoms with Gasteiger partial charge in [-0.15, -0.1) is 12.4 Å². The molecule has 0 amide bonds. The zero-order chi connectivity index (χ0) is 11.4. The molecule has 0 saturated heterocycles. The van der Waals surface area contributed by atoms with Gasteiger partial charge in [0.1, 0.15) is 0 Å². The maximum absolute atomic E-state index is 9.85. The second-order valence-electron chi connectivity index (χ2n) is 3.13. The summed E-state index contributed by atoms with van der Waals surface area (Å²) in [5.74, 6) is 0.398. The number of phenolic OH excluding ortho intramolecular Hbond substituents is 1. The fraction of sp³-hybridized carbons (Fsp3) is 0.400. The lowest BCUT2D eigenvalue weighted by molar-refractivity contribution is 0.274. The normalized spacial score (nSPS) is 11.8. The summed E-state index contributed by atoms with van der Waals surface area (Å²) in [6.45, 7) is -0.0236. The van der Waals surface area contributed by atoms with E-state index in [9.17, 15) is 5.11 Å². The Labute approximate surface area is 109 Å². The molecule has 92 valence electrons. The Kier molecular flexibility index (Phi) is 6.74. The van der Waals surface area contributed by atoms with Crippen molar-refractivity contribution in [1.29, 1.82) is 0 Å². The fourth-order valence-electron chi connectivity index (χ4n) is 1.36. The lowest BCUT2D eigenvalue weighted by Crippen LogP contribution is -2.13. The SMILES string of the molecule is COc1ccc(Br)c([C@@H](N)CCO)c1O.Cl. The smallest absolute Gasteiger partial charge is 0.163 e. The van der Waals surface area contributed by atoms with Gasteiger partial charge in [-0.1, -0.05) is 15.9 Å². The van der Waals surface area contributed by atoms with Crippen LogP contribution in [0, 0.1) is 0 Å². The van der Waals surface area contributed by atoms with E-state index < -0.39 is 6.04 Å². The number of methoxy groups -OCH3 is 1. The molecule has 1 aromatic rings. The number of aromatic hydroxyl groups is 1. The molecule has 1 atom stereocenters. The summed E-state index contributed by atoms with van der Waals surface area (Å²) in [6, 6.07) is 2.99. The maximum atomic E-state index is 9.85. The third-order valence-corrected chi connectivity index (χ3v) is 2.85. The van der Waals surface area contributed by atoms with Gasteiger partial charge in [0, 0.05) is 22.7 Å². The van der Waals surface area contributed by atoms with Crippen LogP contribution in [-0.4, -0.2) is 23.9 Å². The van der Waals surface area contributed by atoms with Crippen LogP contribution in [0.25, 0.3) is 0 Å². The summed E-state index contributed by atoms with van der Waals surface area (Å²) in [5, 5.41) is 18.6. The van der Waals surface area contributed by atoms with Crippen molar-refractivity contribution in [2.45, 2.75) is 12.5 Å². The summed E-state index contributed by atoms with van der Waals surface area (Å²) in [4.78, 5) is 0. The number of benzene rings is 1. The molecule has 1 aromatic carbocycles. The Balaban J connectivity index is 0.00000225. The molecule has 0 radical (unpaired) electrons. The van der Waals surface area contributed by atoms with Crippen molar-refractivity contribution in [2.24, 2.45) is 5.73 Å². The zero-order valence-electron chi connectivity index (χ0n) is 8.81. The highest BCUT2D eigenvalue weighted by molar-refractivity contribution is 9.10. The van der Waals surface area contributed by atoms with E-state index in [-0.39, 0.29) is 24.8 Å². The number of aliphatic hydroxyl groups is 1. The van der Waals surface area contributed by atoms with Gasteiger partial charge in [-0.05, 0) is 18.6 Å². The highest BCUT2D eigenvalue weighted by Crippen LogP contribution is 2.38. The second-order valence-corrected chi connectivity index (χ2v) is 3.99. The Hall–Kier alpha value is -0.490. The largest absolute Gasteiger partial charge is 0.504 e. The van der Waals surface area contributed by atoms with E-state index in [1.54, 1.807) is 12.1 Å². The molecule has 0 aliphatic rings. The minimum Gasteiger partial charge on any atom is -0.504 e. The topological polar surface area (TPSA) is 75.7 Å². The molecule has 0 heterocycles. The van der Waals surface area contributed by atoms with Crippen molar-refractivity contribution < 1.29 is 14.9 Å². The van der Waals surface area contributed by atoms with Crippen LogP contribution < -0.4 is 10.5 Å². The van der Waals surface area contributed by atoms with Gasteiger partial charge in [-0.25, -0.2) is 0 Å². The number of nitrogens with two attached hydrogens (primary N) is 1. The van der Waals surface area contributed by atoms with Gasteiger partial charge < -0.3 is 20.7 Å². The predicted molar refractivity (Wildman–Crippen MR) is 68.2 cm³/mol. The van der Waals surface area contributed by atoms with Crippen LogP contribution in [0.4, 0.5) is 0 Å². The summed E-state index contributed by atoms with van der Waals surface area (Å²) in [5.41, 5.74) is 6.38. The fourth-order valence-corrected chi connectivity index (χ4v) is 1.98. The van der Waals surface area contributed by atoms with Crippen LogP contribution in [0.3, 0.4) is 0 Å². The van der Waals surface area contributed by atoms with E-state index in [1.165, 1.54) is 7.11 Å². The van der Waals surface area contributed by atoms with Crippen LogP contribution >= 0.6 is 28.3 Å². The van der Waals surface area contributed by atoms with Crippen LogP contribution in [0.5, 0.6) is 11.5 Å². The molecule has 0 aromatic heterocycles. The van der Waals surface area contributed by atoms with Crippen LogP contribution in [0.1, 0.15) is 18.0 Å². The van der Waals surface area contributed by atoms with Crippen molar-refractivity contribution in [3.63, 3.8) is 0 Å². The summed E-state index contributed by atoms with van der Waals surface area (Å²) in [7, 11) is 1.48. The van der Waals surface area contributed by atoms with E-state index in [0.29, 0.717) is 22.2 Å². The van der Waals surface area contributed by atoms with Crippen LogP contribution in [0.2, 0.25) is 0 Å². The lowest BCUT2D eigenvalue weighted by atomic mass is 10.0. The highest BCUT2D eigenvalue weighted by atomic mass is 79.9. The first-order valence-electron chi connectivity index (χ1n) is 4.53. The Morgan fingerprint density at radius 1 is 1.50 bits per heavy atom. The molecule has 0 aliphatic carbocycles. The van der Waals surface area contributed by atoms with Gasteiger partial charge in [-0.2, -0.15) is 0 Å². The molecule has 0 saturated carbocycles. The van der Waals surface area contributed by atoms with Gasteiger partial charge in [0.05, 0.1) is 7.11 Å². The van der Waals surface area contributed by atoms with Crippen molar-refractivity contribution in [2.75, 3.05) is 13.7 Å². The van der Waals surface area contributed by atoms with Gasteiger partial charge in [0.15, 0.2) is 11.5 Å². The molecule has 4 nitrogen and oxygen atoms in total. The lowest BCUT2D eigenvalue weighted by Gasteiger charge is -2.16. The summed E-state index contributed by atoms with van der Waals surface area (Å²) in [6.07, 6.45) is 0.388. The number of rotatable bonds is 4. The van der Waals surface area contributed by atoms with E-state index >= 15 is 0 Å². The second kappa shape index (κ2) is 6.96. The minimum atomic E-state index is -0.417. The first kappa shape index (κ1) is 15.5. The highest BCUT2D eigenvalue weighted by Gasteiger charge is 2.17. The van der Waals surface area contributed by atoms with Crippen molar-refractivity contribution in [3.05, 3.63) is 22.2 Å². The molecule has 4 N–H and O–H groups in total. The molecular weight excluding hydrogens is 297 g/mol. The van der Waals surface area contributed by atoms with Crippen molar-refractivity contribution >= 4 is 28.3 Å². The average molecular weight is 313 g/mol. The van der Waals surface area contributed by atoms with Crippen molar-refractivity contribution in [3.8, 4) is 11.5 Å².